The lowest BCUT2D eigenvalue weighted by atomic mass is 9.95. The lowest BCUT2D eigenvalue weighted by Crippen LogP contribution is -2.21. The first-order valence-corrected chi connectivity index (χ1v) is 7.64. The normalized spacial score (nSPS) is 12.6. The summed E-state index contributed by atoms with van der Waals surface area (Å²) >= 11 is 1.33. The van der Waals surface area contributed by atoms with Gasteiger partial charge in [0.2, 0.25) is 5.91 Å². The van der Waals surface area contributed by atoms with Crippen molar-refractivity contribution in [2.24, 2.45) is 0 Å². The Morgan fingerprint density at radius 2 is 2.21 bits per heavy atom. The van der Waals surface area contributed by atoms with Crippen molar-refractivity contribution in [1.82, 2.24) is 4.72 Å². The third-order valence-electron chi connectivity index (χ3n) is 3.44. The number of hydrogen-bond acceptors (Lipinski definition) is 3. The zero-order valence-corrected chi connectivity index (χ0v) is 12.6. The van der Waals surface area contributed by atoms with Crippen LogP contribution >= 0.6 is 11.9 Å². The van der Waals surface area contributed by atoms with E-state index in [9.17, 15) is 4.79 Å². The molecule has 102 valence electrons. The standard InChI is InChI=1S/C15H19NO2S/c1-5-11-6-12(10(3)15(17)16-19-4)7-13-9(2)8-18-14(11)13/h6-8,10H,5H2,1-4H3,(H,16,17). The molecular formula is C15H19NO2S. The zero-order valence-electron chi connectivity index (χ0n) is 11.7. The number of nitrogens with one attached hydrogen (secondary N) is 1. The molecular weight excluding hydrogens is 258 g/mol. The number of hydrogen-bond donors (Lipinski definition) is 1. The summed E-state index contributed by atoms with van der Waals surface area (Å²) in [5, 5.41) is 1.11. The van der Waals surface area contributed by atoms with E-state index in [1.54, 1.807) is 6.26 Å². The lowest BCUT2D eigenvalue weighted by Gasteiger charge is -2.13. The zero-order chi connectivity index (χ0) is 14.0. The summed E-state index contributed by atoms with van der Waals surface area (Å²) in [5.41, 5.74) is 4.26. The van der Waals surface area contributed by atoms with E-state index in [1.807, 2.05) is 20.1 Å². The summed E-state index contributed by atoms with van der Waals surface area (Å²) in [6.07, 6.45) is 4.53. The van der Waals surface area contributed by atoms with Gasteiger partial charge in [0.25, 0.3) is 0 Å². The molecule has 0 aliphatic heterocycles. The Hall–Kier alpha value is -1.42. The van der Waals surface area contributed by atoms with Gasteiger partial charge in [-0.2, -0.15) is 0 Å². The molecule has 1 atom stereocenters. The van der Waals surface area contributed by atoms with E-state index in [0.29, 0.717) is 0 Å². The van der Waals surface area contributed by atoms with Gasteiger partial charge < -0.3 is 4.42 Å². The van der Waals surface area contributed by atoms with Gasteiger partial charge in [0.05, 0.1) is 12.2 Å². The van der Waals surface area contributed by atoms with Gasteiger partial charge in [-0.25, -0.2) is 0 Å². The quantitative estimate of drug-likeness (QED) is 0.864. The van der Waals surface area contributed by atoms with E-state index in [-0.39, 0.29) is 11.8 Å². The molecule has 1 amide bonds. The summed E-state index contributed by atoms with van der Waals surface area (Å²) < 4.78 is 8.40. The van der Waals surface area contributed by atoms with Crippen molar-refractivity contribution in [2.45, 2.75) is 33.1 Å². The van der Waals surface area contributed by atoms with E-state index >= 15 is 0 Å². The maximum atomic E-state index is 11.9. The summed E-state index contributed by atoms with van der Waals surface area (Å²) in [4.78, 5) is 11.9. The molecule has 3 nitrogen and oxygen atoms in total. The van der Waals surface area contributed by atoms with Crippen LogP contribution in [0.15, 0.2) is 22.8 Å². The number of amides is 1. The number of furan rings is 1. The maximum absolute atomic E-state index is 11.9. The summed E-state index contributed by atoms with van der Waals surface area (Å²) in [5.74, 6) is -0.119. The molecule has 0 spiro atoms. The molecule has 0 bridgehead atoms. The average Bonchev–Trinajstić information content (AvgIpc) is 2.79. The average molecular weight is 277 g/mol. The van der Waals surface area contributed by atoms with Crippen molar-refractivity contribution >= 4 is 28.8 Å². The second-order valence-corrected chi connectivity index (χ2v) is 5.33. The molecule has 2 aromatic rings. The predicted molar refractivity (Wildman–Crippen MR) is 80.4 cm³/mol. The van der Waals surface area contributed by atoms with Crippen molar-refractivity contribution in [3.8, 4) is 0 Å². The van der Waals surface area contributed by atoms with Crippen LogP contribution in [0.5, 0.6) is 0 Å². The Morgan fingerprint density at radius 3 is 2.84 bits per heavy atom. The Kier molecular flexibility index (Phi) is 4.20. The van der Waals surface area contributed by atoms with Crippen LogP contribution in [0.4, 0.5) is 0 Å². The van der Waals surface area contributed by atoms with Crippen LogP contribution in [-0.4, -0.2) is 12.2 Å². The summed E-state index contributed by atoms with van der Waals surface area (Å²) in [6.45, 7) is 6.06. The number of rotatable bonds is 4. The number of carbonyl (C=O) groups excluding carboxylic acids is 1. The van der Waals surface area contributed by atoms with Crippen LogP contribution in [0, 0.1) is 6.92 Å². The summed E-state index contributed by atoms with van der Waals surface area (Å²) in [6, 6.07) is 4.15. The molecule has 0 saturated carbocycles. The highest BCUT2D eigenvalue weighted by molar-refractivity contribution is 7.97. The minimum atomic E-state index is -0.156. The highest BCUT2D eigenvalue weighted by Crippen LogP contribution is 2.29. The van der Waals surface area contributed by atoms with Gasteiger partial charge in [0.1, 0.15) is 5.58 Å². The minimum absolute atomic E-state index is 0.0371. The van der Waals surface area contributed by atoms with Gasteiger partial charge in [-0.3, -0.25) is 9.52 Å². The molecule has 0 saturated heterocycles. The third kappa shape index (κ3) is 2.63. The number of fused-ring (bicyclic) bond motifs is 1. The fourth-order valence-corrected chi connectivity index (χ4v) is 2.59. The van der Waals surface area contributed by atoms with Gasteiger partial charge in [0.15, 0.2) is 0 Å². The van der Waals surface area contributed by atoms with Crippen LogP contribution in [-0.2, 0) is 11.2 Å². The van der Waals surface area contributed by atoms with E-state index in [4.69, 9.17) is 4.42 Å². The van der Waals surface area contributed by atoms with Crippen molar-refractivity contribution in [3.63, 3.8) is 0 Å². The van der Waals surface area contributed by atoms with Gasteiger partial charge in [-0.15, -0.1) is 0 Å². The molecule has 1 aromatic heterocycles. The van der Waals surface area contributed by atoms with Crippen LogP contribution in [0.25, 0.3) is 11.0 Å². The van der Waals surface area contributed by atoms with E-state index < -0.39 is 0 Å². The molecule has 2 rings (SSSR count). The second kappa shape index (κ2) is 5.70. The Bertz CT molecular complexity index is 603. The van der Waals surface area contributed by atoms with Gasteiger partial charge in [0, 0.05) is 11.6 Å². The SMILES string of the molecule is CCc1cc(C(C)C(=O)NSC)cc2c(C)coc12. The predicted octanol–water partition coefficient (Wildman–Crippen LogP) is 3.80. The van der Waals surface area contributed by atoms with Crippen LogP contribution < -0.4 is 4.72 Å². The molecule has 4 heteroatoms. The van der Waals surface area contributed by atoms with Crippen LogP contribution in [0.3, 0.4) is 0 Å². The highest BCUT2D eigenvalue weighted by Gasteiger charge is 2.18. The Morgan fingerprint density at radius 1 is 1.47 bits per heavy atom. The van der Waals surface area contributed by atoms with Crippen molar-refractivity contribution in [2.75, 3.05) is 6.26 Å². The monoisotopic (exact) mass is 277 g/mol. The molecule has 1 N–H and O–H groups in total. The molecule has 0 radical (unpaired) electrons. The molecule has 0 aliphatic carbocycles. The first-order chi connectivity index (χ1) is 9.08. The topological polar surface area (TPSA) is 42.2 Å². The first kappa shape index (κ1) is 14.0. The second-order valence-electron chi connectivity index (χ2n) is 4.72. The molecule has 0 aliphatic rings. The minimum Gasteiger partial charge on any atom is -0.464 e. The smallest absolute Gasteiger partial charge is 0.237 e. The Balaban J connectivity index is 2.49. The molecule has 1 heterocycles. The van der Waals surface area contributed by atoms with Crippen molar-refractivity contribution < 1.29 is 9.21 Å². The first-order valence-electron chi connectivity index (χ1n) is 6.42. The van der Waals surface area contributed by atoms with Crippen LogP contribution in [0.1, 0.15) is 36.5 Å². The molecule has 1 unspecified atom stereocenters. The number of carbonyl (C=O) groups is 1. The van der Waals surface area contributed by atoms with Gasteiger partial charge >= 0.3 is 0 Å². The molecule has 1 aromatic carbocycles. The molecule has 0 fully saturated rings. The number of benzene rings is 1. The molecule has 19 heavy (non-hydrogen) atoms. The van der Waals surface area contributed by atoms with E-state index in [0.717, 1.165) is 34.1 Å². The maximum Gasteiger partial charge on any atom is 0.237 e. The fraction of sp³-hybridized carbons (Fsp3) is 0.400. The van der Waals surface area contributed by atoms with Crippen molar-refractivity contribution in [3.05, 3.63) is 35.1 Å². The largest absolute Gasteiger partial charge is 0.464 e. The number of aryl methyl sites for hydroxylation is 2. The van der Waals surface area contributed by atoms with Crippen LogP contribution in [0.2, 0.25) is 0 Å². The van der Waals surface area contributed by atoms with E-state index in [2.05, 4.69) is 23.8 Å². The Labute approximate surface area is 117 Å². The van der Waals surface area contributed by atoms with E-state index in [1.165, 1.54) is 11.9 Å². The van der Waals surface area contributed by atoms with Gasteiger partial charge in [-0.1, -0.05) is 24.9 Å². The summed E-state index contributed by atoms with van der Waals surface area (Å²) in [7, 11) is 0. The fourth-order valence-electron chi connectivity index (χ4n) is 2.21. The van der Waals surface area contributed by atoms with Gasteiger partial charge in [-0.05, 0) is 43.0 Å². The van der Waals surface area contributed by atoms with Crippen molar-refractivity contribution in [1.29, 1.82) is 0 Å². The lowest BCUT2D eigenvalue weighted by molar-refractivity contribution is -0.120. The third-order valence-corrected chi connectivity index (χ3v) is 3.85. The highest BCUT2D eigenvalue weighted by atomic mass is 32.2.